The van der Waals surface area contributed by atoms with Gasteiger partial charge in [0.15, 0.2) is 17.3 Å². The van der Waals surface area contributed by atoms with Crippen LogP contribution in [0.25, 0.3) is 0 Å². The van der Waals surface area contributed by atoms with Gasteiger partial charge in [0.25, 0.3) is 0 Å². The predicted octanol–water partition coefficient (Wildman–Crippen LogP) is 1.31. The number of benzene rings is 1. The standard InChI is InChI=1S/C9H10O4/c1-4-3-6(5(2)10)8(12)9(13)7(4)11/h3,11-13H,1-2H3. The normalized spacial score (nSPS) is 10.0. The fourth-order valence-electron chi connectivity index (χ4n) is 1.05. The molecule has 70 valence electrons. The van der Waals surface area contributed by atoms with Gasteiger partial charge in [-0.05, 0) is 25.5 Å². The Kier molecular flexibility index (Phi) is 2.14. The molecule has 0 fully saturated rings. The molecule has 3 N–H and O–H groups in total. The lowest BCUT2D eigenvalue weighted by Crippen LogP contribution is -1.94. The van der Waals surface area contributed by atoms with E-state index in [9.17, 15) is 15.0 Å². The number of aromatic hydroxyl groups is 3. The van der Waals surface area contributed by atoms with Crippen LogP contribution in [-0.4, -0.2) is 21.1 Å². The molecule has 0 atom stereocenters. The maximum atomic E-state index is 10.9. The molecule has 0 spiro atoms. The summed E-state index contributed by atoms with van der Waals surface area (Å²) in [5.41, 5.74) is 0.355. The van der Waals surface area contributed by atoms with Crippen LogP contribution in [0.15, 0.2) is 6.07 Å². The Hall–Kier alpha value is -1.71. The second-order valence-corrected chi connectivity index (χ2v) is 2.84. The van der Waals surface area contributed by atoms with Gasteiger partial charge in [-0.1, -0.05) is 0 Å². The minimum Gasteiger partial charge on any atom is -0.504 e. The van der Waals surface area contributed by atoms with Crippen molar-refractivity contribution in [1.82, 2.24) is 0 Å². The lowest BCUT2D eigenvalue weighted by molar-refractivity contribution is 0.101. The molecule has 1 rings (SSSR count). The highest BCUT2D eigenvalue weighted by molar-refractivity contribution is 5.98. The van der Waals surface area contributed by atoms with Gasteiger partial charge in [-0.3, -0.25) is 4.79 Å². The highest BCUT2D eigenvalue weighted by Gasteiger charge is 2.16. The molecule has 0 amide bonds. The molecular weight excluding hydrogens is 172 g/mol. The first-order valence-corrected chi connectivity index (χ1v) is 3.70. The van der Waals surface area contributed by atoms with Gasteiger partial charge in [0.1, 0.15) is 0 Å². The molecule has 1 aromatic rings. The number of phenolic OH excluding ortho intramolecular Hbond substituents is 3. The summed E-state index contributed by atoms with van der Waals surface area (Å²) >= 11 is 0. The van der Waals surface area contributed by atoms with Crippen molar-refractivity contribution in [2.45, 2.75) is 13.8 Å². The quantitative estimate of drug-likeness (QED) is 0.452. The van der Waals surface area contributed by atoms with E-state index in [1.54, 1.807) is 0 Å². The molecule has 0 radical (unpaired) electrons. The average Bonchev–Trinajstić information content (AvgIpc) is 2.07. The van der Waals surface area contributed by atoms with Crippen molar-refractivity contribution in [1.29, 1.82) is 0 Å². The van der Waals surface area contributed by atoms with E-state index < -0.39 is 17.2 Å². The summed E-state index contributed by atoms with van der Waals surface area (Å²) in [5, 5.41) is 27.6. The second-order valence-electron chi connectivity index (χ2n) is 2.84. The van der Waals surface area contributed by atoms with Gasteiger partial charge in [-0.25, -0.2) is 0 Å². The molecule has 0 aromatic heterocycles. The van der Waals surface area contributed by atoms with Crippen LogP contribution in [0.2, 0.25) is 0 Å². The van der Waals surface area contributed by atoms with Crippen molar-refractivity contribution in [3.05, 3.63) is 17.2 Å². The van der Waals surface area contributed by atoms with Crippen LogP contribution in [0.4, 0.5) is 0 Å². The summed E-state index contributed by atoms with van der Waals surface area (Å²) in [6, 6.07) is 1.33. The number of hydrogen-bond donors (Lipinski definition) is 3. The first-order chi connectivity index (χ1) is 5.95. The van der Waals surface area contributed by atoms with Gasteiger partial charge in [0, 0.05) is 0 Å². The minimum absolute atomic E-state index is 0.00722. The fraction of sp³-hybridized carbons (Fsp3) is 0.222. The number of ketones is 1. The van der Waals surface area contributed by atoms with Crippen LogP contribution in [-0.2, 0) is 0 Å². The molecule has 4 heteroatoms. The first kappa shape index (κ1) is 9.38. The Morgan fingerprint density at radius 1 is 1.15 bits per heavy atom. The molecule has 0 saturated heterocycles. The van der Waals surface area contributed by atoms with E-state index in [0.717, 1.165) is 0 Å². The zero-order valence-electron chi connectivity index (χ0n) is 7.33. The number of Topliss-reactive ketones (excluding diaryl/α,β-unsaturated/α-hetero) is 1. The smallest absolute Gasteiger partial charge is 0.201 e. The summed E-state index contributed by atoms with van der Waals surface area (Å²) in [5.74, 6) is -1.99. The van der Waals surface area contributed by atoms with Gasteiger partial charge in [0.05, 0.1) is 5.56 Å². The van der Waals surface area contributed by atoms with E-state index in [1.807, 2.05) is 0 Å². The fourth-order valence-corrected chi connectivity index (χ4v) is 1.05. The first-order valence-electron chi connectivity index (χ1n) is 3.70. The molecular formula is C9H10O4. The molecule has 4 nitrogen and oxygen atoms in total. The van der Waals surface area contributed by atoms with Crippen LogP contribution < -0.4 is 0 Å². The van der Waals surface area contributed by atoms with E-state index in [4.69, 9.17) is 5.11 Å². The monoisotopic (exact) mass is 182 g/mol. The topological polar surface area (TPSA) is 77.8 Å². The number of hydrogen-bond acceptors (Lipinski definition) is 4. The Labute approximate surface area is 75.1 Å². The zero-order chi connectivity index (χ0) is 10.2. The van der Waals surface area contributed by atoms with Crippen LogP contribution in [0.3, 0.4) is 0 Å². The van der Waals surface area contributed by atoms with Gasteiger partial charge in [0.2, 0.25) is 5.75 Å². The lowest BCUT2D eigenvalue weighted by atomic mass is 10.1. The lowest BCUT2D eigenvalue weighted by Gasteiger charge is -2.07. The number of carbonyl (C=O) groups is 1. The Bertz CT molecular complexity index is 368. The van der Waals surface area contributed by atoms with Gasteiger partial charge in [-0.15, -0.1) is 0 Å². The molecule has 0 aliphatic heterocycles. The van der Waals surface area contributed by atoms with Crippen molar-refractivity contribution in [3.8, 4) is 17.2 Å². The average molecular weight is 182 g/mol. The summed E-state index contributed by atoms with van der Waals surface area (Å²) in [4.78, 5) is 10.9. The molecule has 0 heterocycles. The van der Waals surface area contributed by atoms with Crippen molar-refractivity contribution in [3.63, 3.8) is 0 Å². The Morgan fingerprint density at radius 2 is 1.69 bits per heavy atom. The third-order valence-electron chi connectivity index (χ3n) is 1.82. The maximum absolute atomic E-state index is 10.9. The number of rotatable bonds is 1. The Morgan fingerprint density at radius 3 is 2.15 bits per heavy atom. The van der Waals surface area contributed by atoms with E-state index in [-0.39, 0.29) is 11.3 Å². The summed E-state index contributed by atoms with van der Waals surface area (Å²) < 4.78 is 0. The second kappa shape index (κ2) is 2.97. The predicted molar refractivity (Wildman–Crippen MR) is 46.2 cm³/mol. The summed E-state index contributed by atoms with van der Waals surface area (Å²) in [6.07, 6.45) is 0. The van der Waals surface area contributed by atoms with E-state index >= 15 is 0 Å². The third-order valence-corrected chi connectivity index (χ3v) is 1.82. The molecule has 0 bridgehead atoms. The number of carbonyl (C=O) groups excluding carboxylic acids is 1. The van der Waals surface area contributed by atoms with E-state index in [0.29, 0.717) is 5.56 Å². The number of aryl methyl sites for hydroxylation is 1. The largest absolute Gasteiger partial charge is 0.504 e. The SMILES string of the molecule is CC(=O)c1cc(C)c(O)c(O)c1O. The minimum atomic E-state index is -0.648. The van der Waals surface area contributed by atoms with Crippen molar-refractivity contribution < 1.29 is 20.1 Å². The molecule has 13 heavy (non-hydrogen) atoms. The number of phenols is 3. The third kappa shape index (κ3) is 1.42. The summed E-state index contributed by atoms with van der Waals surface area (Å²) in [6.45, 7) is 2.80. The van der Waals surface area contributed by atoms with Crippen molar-refractivity contribution in [2.24, 2.45) is 0 Å². The molecule has 0 saturated carbocycles. The van der Waals surface area contributed by atoms with Gasteiger partial charge >= 0.3 is 0 Å². The van der Waals surface area contributed by atoms with Gasteiger partial charge in [-0.2, -0.15) is 0 Å². The highest BCUT2D eigenvalue weighted by atomic mass is 16.3. The molecule has 0 unspecified atom stereocenters. The van der Waals surface area contributed by atoms with E-state index in [1.165, 1.54) is 19.9 Å². The summed E-state index contributed by atoms with van der Waals surface area (Å²) in [7, 11) is 0. The highest BCUT2D eigenvalue weighted by Crippen LogP contribution is 2.39. The van der Waals surface area contributed by atoms with Crippen LogP contribution >= 0.6 is 0 Å². The zero-order valence-corrected chi connectivity index (χ0v) is 7.33. The van der Waals surface area contributed by atoms with Gasteiger partial charge < -0.3 is 15.3 Å². The molecule has 0 aliphatic rings. The van der Waals surface area contributed by atoms with E-state index in [2.05, 4.69) is 0 Å². The Balaban J connectivity index is 3.50. The van der Waals surface area contributed by atoms with Crippen LogP contribution in [0.1, 0.15) is 22.8 Å². The van der Waals surface area contributed by atoms with Crippen molar-refractivity contribution in [2.75, 3.05) is 0 Å². The molecule has 1 aromatic carbocycles. The molecule has 0 aliphatic carbocycles. The van der Waals surface area contributed by atoms with Crippen molar-refractivity contribution >= 4 is 5.78 Å². The van der Waals surface area contributed by atoms with Crippen LogP contribution in [0.5, 0.6) is 17.2 Å². The maximum Gasteiger partial charge on any atom is 0.201 e. The van der Waals surface area contributed by atoms with Crippen LogP contribution in [0, 0.1) is 6.92 Å².